The van der Waals surface area contributed by atoms with Gasteiger partial charge in [0.15, 0.2) is 0 Å². The molecule has 2 heterocycles. The number of nitrogens with zero attached hydrogens (tertiary/aromatic N) is 2. The number of aromatic nitrogens is 1. The zero-order valence-electron chi connectivity index (χ0n) is 12.8. The van der Waals surface area contributed by atoms with Crippen molar-refractivity contribution in [1.82, 2.24) is 9.88 Å². The third-order valence-corrected chi connectivity index (χ3v) is 4.07. The Morgan fingerprint density at radius 1 is 1.43 bits per heavy atom. The van der Waals surface area contributed by atoms with Crippen molar-refractivity contribution in [1.29, 1.82) is 0 Å². The van der Waals surface area contributed by atoms with Crippen LogP contribution in [0.5, 0.6) is 0 Å². The van der Waals surface area contributed by atoms with Crippen molar-refractivity contribution in [3.05, 3.63) is 29.6 Å². The van der Waals surface area contributed by atoms with E-state index in [2.05, 4.69) is 11.0 Å². The van der Waals surface area contributed by atoms with E-state index in [4.69, 9.17) is 15.5 Å². The van der Waals surface area contributed by atoms with Crippen LogP contribution in [0.2, 0.25) is 0 Å². The topological polar surface area (TPSA) is 68.5 Å². The number of carbonyl (C=O) groups excluding carboxylic acids is 1. The van der Waals surface area contributed by atoms with E-state index in [1.807, 2.05) is 12.1 Å². The maximum Gasteiger partial charge on any atom is 0.217 e. The number of carbonyl (C=O) groups is 1. The van der Waals surface area contributed by atoms with Gasteiger partial charge in [-0.1, -0.05) is 6.07 Å². The van der Waals surface area contributed by atoms with Crippen molar-refractivity contribution in [2.45, 2.75) is 31.6 Å². The van der Waals surface area contributed by atoms with E-state index in [0.717, 1.165) is 50.5 Å². The van der Waals surface area contributed by atoms with Gasteiger partial charge in [-0.2, -0.15) is 0 Å². The molecular formula is C16H25N3O2. The van der Waals surface area contributed by atoms with Crippen LogP contribution in [0.1, 0.15) is 36.6 Å². The Labute approximate surface area is 126 Å². The number of hydrogen-bond acceptors (Lipinski definition) is 4. The van der Waals surface area contributed by atoms with Gasteiger partial charge in [0, 0.05) is 37.4 Å². The number of hydrogen-bond donors (Lipinski definition) is 1. The van der Waals surface area contributed by atoms with Crippen LogP contribution < -0.4 is 5.73 Å². The molecule has 0 spiro atoms. The molecule has 2 N–H and O–H groups in total. The molecule has 0 saturated carbocycles. The zero-order valence-corrected chi connectivity index (χ0v) is 12.8. The van der Waals surface area contributed by atoms with Crippen LogP contribution >= 0.6 is 0 Å². The summed E-state index contributed by atoms with van der Waals surface area (Å²) in [6.45, 7) is 4.00. The van der Waals surface area contributed by atoms with Crippen LogP contribution in [0.3, 0.4) is 0 Å². The number of rotatable bonds is 7. The third-order valence-electron chi connectivity index (χ3n) is 4.07. The number of nitrogens with two attached hydrogens (primary N) is 1. The van der Waals surface area contributed by atoms with Crippen molar-refractivity contribution >= 4 is 5.91 Å². The average Bonchev–Trinajstić information content (AvgIpc) is 2.52. The number of methoxy groups -OCH3 is 1. The molecule has 1 fully saturated rings. The van der Waals surface area contributed by atoms with Crippen molar-refractivity contribution < 1.29 is 9.53 Å². The Hall–Kier alpha value is -1.46. The second kappa shape index (κ2) is 8.10. The molecule has 1 amide bonds. The predicted molar refractivity (Wildman–Crippen MR) is 82.0 cm³/mol. The number of ether oxygens (including phenoxy) is 1. The molecule has 5 nitrogen and oxygen atoms in total. The monoisotopic (exact) mass is 291 g/mol. The fourth-order valence-corrected chi connectivity index (χ4v) is 2.79. The summed E-state index contributed by atoms with van der Waals surface area (Å²) < 4.78 is 5.13. The van der Waals surface area contributed by atoms with E-state index >= 15 is 0 Å². The van der Waals surface area contributed by atoms with Gasteiger partial charge in [0.05, 0.1) is 6.61 Å². The standard InChI is InChI=1S/C16H25N3O2/c1-21-12-11-19-9-7-13(8-10-19)15-4-2-3-14(18-15)5-6-16(17)20/h2-4,13H,5-12H2,1H3,(H2,17,20). The summed E-state index contributed by atoms with van der Waals surface area (Å²) in [5, 5.41) is 0. The normalized spacial score (nSPS) is 17.0. The quantitative estimate of drug-likeness (QED) is 0.823. The number of amides is 1. The maximum absolute atomic E-state index is 10.9. The van der Waals surface area contributed by atoms with Gasteiger partial charge in [0.1, 0.15) is 0 Å². The summed E-state index contributed by atoms with van der Waals surface area (Å²) in [5.74, 6) is 0.256. The van der Waals surface area contributed by atoms with Gasteiger partial charge < -0.3 is 15.4 Å². The smallest absolute Gasteiger partial charge is 0.217 e. The number of piperidine rings is 1. The summed E-state index contributed by atoms with van der Waals surface area (Å²) in [7, 11) is 1.74. The molecule has 1 aliphatic heterocycles. The Morgan fingerprint density at radius 2 is 2.19 bits per heavy atom. The highest BCUT2D eigenvalue weighted by Gasteiger charge is 2.21. The van der Waals surface area contributed by atoms with Crippen LogP contribution in [0.15, 0.2) is 18.2 Å². The van der Waals surface area contributed by atoms with Gasteiger partial charge >= 0.3 is 0 Å². The molecule has 1 aromatic rings. The van der Waals surface area contributed by atoms with E-state index in [1.165, 1.54) is 0 Å². The molecule has 0 aliphatic carbocycles. The number of primary amides is 1. The highest BCUT2D eigenvalue weighted by Crippen LogP contribution is 2.26. The molecule has 116 valence electrons. The van der Waals surface area contributed by atoms with E-state index < -0.39 is 0 Å². The lowest BCUT2D eigenvalue weighted by Gasteiger charge is -2.31. The number of likely N-dealkylation sites (tertiary alicyclic amines) is 1. The molecule has 0 atom stereocenters. The molecule has 0 radical (unpaired) electrons. The van der Waals surface area contributed by atoms with E-state index in [9.17, 15) is 4.79 Å². The summed E-state index contributed by atoms with van der Waals surface area (Å²) in [4.78, 5) is 18.0. The van der Waals surface area contributed by atoms with E-state index in [1.54, 1.807) is 7.11 Å². The fraction of sp³-hybridized carbons (Fsp3) is 0.625. The third kappa shape index (κ3) is 5.10. The van der Waals surface area contributed by atoms with Gasteiger partial charge in [0.25, 0.3) is 0 Å². The summed E-state index contributed by atoms with van der Waals surface area (Å²) in [5.41, 5.74) is 7.32. The predicted octanol–water partition coefficient (Wildman–Crippen LogP) is 1.33. The van der Waals surface area contributed by atoms with Gasteiger partial charge in [-0.3, -0.25) is 9.78 Å². The highest BCUT2D eigenvalue weighted by molar-refractivity contribution is 5.73. The summed E-state index contributed by atoms with van der Waals surface area (Å²) in [6.07, 6.45) is 3.27. The lowest BCUT2D eigenvalue weighted by Crippen LogP contribution is -2.35. The zero-order chi connectivity index (χ0) is 15.1. The van der Waals surface area contributed by atoms with Gasteiger partial charge in [-0.05, 0) is 44.5 Å². The number of pyridine rings is 1. The second-order valence-corrected chi connectivity index (χ2v) is 5.63. The van der Waals surface area contributed by atoms with Crippen LogP contribution in [0, 0.1) is 0 Å². The Balaban J connectivity index is 1.88. The molecule has 5 heteroatoms. The minimum atomic E-state index is -0.270. The first-order chi connectivity index (χ1) is 10.2. The minimum absolute atomic E-state index is 0.270. The molecule has 1 aliphatic rings. The Bertz CT molecular complexity index is 457. The fourth-order valence-electron chi connectivity index (χ4n) is 2.79. The SMILES string of the molecule is COCCN1CCC(c2cccc(CCC(N)=O)n2)CC1. The molecule has 0 bridgehead atoms. The van der Waals surface area contributed by atoms with Crippen LogP contribution in [0.25, 0.3) is 0 Å². The first kappa shape index (κ1) is 15.9. The lowest BCUT2D eigenvalue weighted by molar-refractivity contribution is -0.118. The van der Waals surface area contributed by atoms with Crippen LogP contribution in [0.4, 0.5) is 0 Å². The molecule has 0 unspecified atom stereocenters. The molecule has 1 saturated heterocycles. The summed E-state index contributed by atoms with van der Waals surface area (Å²) in [6, 6.07) is 6.11. The van der Waals surface area contributed by atoms with Crippen LogP contribution in [-0.2, 0) is 16.0 Å². The Kier molecular flexibility index (Phi) is 6.14. The molecule has 2 rings (SSSR count). The second-order valence-electron chi connectivity index (χ2n) is 5.63. The molecule has 0 aromatic carbocycles. The first-order valence-electron chi connectivity index (χ1n) is 7.64. The van der Waals surface area contributed by atoms with Crippen LogP contribution in [-0.4, -0.2) is 49.1 Å². The van der Waals surface area contributed by atoms with Gasteiger partial charge in [-0.15, -0.1) is 0 Å². The Morgan fingerprint density at radius 3 is 2.86 bits per heavy atom. The largest absolute Gasteiger partial charge is 0.383 e. The molecule has 21 heavy (non-hydrogen) atoms. The average molecular weight is 291 g/mol. The van der Waals surface area contributed by atoms with Gasteiger partial charge in [0.2, 0.25) is 5.91 Å². The first-order valence-corrected chi connectivity index (χ1v) is 7.64. The maximum atomic E-state index is 10.9. The van der Waals surface area contributed by atoms with Crippen molar-refractivity contribution in [2.24, 2.45) is 5.73 Å². The van der Waals surface area contributed by atoms with Crippen molar-refractivity contribution in [2.75, 3.05) is 33.4 Å². The van der Waals surface area contributed by atoms with E-state index in [0.29, 0.717) is 18.8 Å². The van der Waals surface area contributed by atoms with Crippen molar-refractivity contribution in [3.8, 4) is 0 Å². The number of aryl methyl sites for hydroxylation is 1. The molecule has 1 aromatic heterocycles. The molecular weight excluding hydrogens is 266 g/mol. The highest BCUT2D eigenvalue weighted by atomic mass is 16.5. The summed E-state index contributed by atoms with van der Waals surface area (Å²) >= 11 is 0. The van der Waals surface area contributed by atoms with Crippen molar-refractivity contribution in [3.63, 3.8) is 0 Å². The van der Waals surface area contributed by atoms with Gasteiger partial charge in [-0.25, -0.2) is 0 Å². The minimum Gasteiger partial charge on any atom is -0.383 e. The lowest BCUT2D eigenvalue weighted by atomic mass is 9.93. The van der Waals surface area contributed by atoms with E-state index in [-0.39, 0.29) is 5.91 Å².